The molecule has 1 fully saturated rings. The smallest absolute Gasteiger partial charge is 0.212 e. The molecule has 8 heteroatoms. The number of nitrogens with one attached hydrogen (secondary N) is 2. The van der Waals surface area contributed by atoms with Gasteiger partial charge in [0.05, 0.1) is 34.7 Å². The number of pyridine rings is 2. The van der Waals surface area contributed by atoms with Crippen LogP contribution in [0.15, 0.2) is 30.7 Å². The normalized spacial score (nSPS) is 18.4. The summed E-state index contributed by atoms with van der Waals surface area (Å²) in [7, 11) is -3.24. The van der Waals surface area contributed by atoms with Crippen molar-refractivity contribution < 1.29 is 8.42 Å². The van der Waals surface area contributed by atoms with Crippen molar-refractivity contribution in [3.8, 4) is 0 Å². The van der Waals surface area contributed by atoms with E-state index in [1.165, 1.54) is 0 Å². The Morgan fingerprint density at radius 2 is 2.15 bits per heavy atom. The van der Waals surface area contributed by atoms with E-state index in [1.807, 2.05) is 32.3 Å². The van der Waals surface area contributed by atoms with Crippen molar-refractivity contribution in [2.45, 2.75) is 26.3 Å². The van der Waals surface area contributed by atoms with Crippen LogP contribution in [-0.4, -0.2) is 48.3 Å². The summed E-state index contributed by atoms with van der Waals surface area (Å²) in [5, 5.41) is 2.10. The molecule has 0 aliphatic carbocycles. The van der Waals surface area contributed by atoms with Crippen LogP contribution in [-0.2, 0) is 10.0 Å². The second kappa shape index (κ2) is 6.51. The Kier molecular flexibility index (Phi) is 4.32. The van der Waals surface area contributed by atoms with Gasteiger partial charge in [-0.1, -0.05) is 19.9 Å². The van der Waals surface area contributed by atoms with Crippen LogP contribution in [0.5, 0.6) is 0 Å². The lowest BCUT2D eigenvalue weighted by Crippen LogP contribution is -2.39. The van der Waals surface area contributed by atoms with Crippen molar-refractivity contribution in [2.24, 2.45) is 5.92 Å². The second-order valence-electron chi connectivity index (χ2n) is 7.32. The number of H-pyrrole nitrogens is 1. The Hall–Kier alpha value is -2.19. The summed E-state index contributed by atoms with van der Waals surface area (Å²) in [5.74, 6) is 0.274. The monoisotopic (exact) mass is 373 g/mol. The van der Waals surface area contributed by atoms with Crippen LogP contribution in [0.4, 0.5) is 5.69 Å². The highest BCUT2D eigenvalue weighted by molar-refractivity contribution is 7.89. The Bertz CT molecular complexity index is 1040. The van der Waals surface area contributed by atoms with E-state index in [-0.39, 0.29) is 17.7 Å². The zero-order valence-corrected chi connectivity index (χ0v) is 15.8. The molecule has 3 aromatic rings. The summed E-state index contributed by atoms with van der Waals surface area (Å²) in [6.07, 6.45) is 6.30. The van der Waals surface area contributed by atoms with Gasteiger partial charge in [-0.2, -0.15) is 0 Å². The van der Waals surface area contributed by atoms with Crippen molar-refractivity contribution in [1.29, 1.82) is 0 Å². The topological polar surface area (TPSA) is 91.0 Å². The van der Waals surface area contributed by atoms with Crippen molar-refractivity contribution in [1.82, 2.24) is 19.7 Å². The van der Waals surface area contributed by atoms with Crippen LogP contribution in [0.1, 0.15) is 20.3 Å². The van der Waals surface area contributed by atoms with Gasteiger partial charge in [-0.25, -0.2) is 23.1 Å². The number of rotatable bonds is 5. The van der Waals surface area contributed by atoms with Crippen LogP contribution in [0.2, 0.25) is 0 Å². The molecule has 26 heavy (non-hydrogen) atoms. The molecule has 7 nitrogen and oxygen atoms in total. The molecule has 3 aromatic heterocycles. The van der Waals surface area contributed by atoms with Gasteiger partial charge in [-0.15, -0.1) is 0 Å². The molecule has 0 saturated carbocycles. The number of hydrogen-bond donors (Lipinski definition) is 2. The Labute approximate surface area is 152 Å². The lowest BCUT2D eigenvalue weighted by Gasteiger charge is -2.19. The lowest BCUT2D eigenvalue weighted by atomic mass is 10.1. The van der Waals surface area contributed by atoms with Crippen LogP contribution >= 0.6 is 0 Å². The maximum Gasteiger partial charge on any atom is 0.212 e. The largest absolute Gasteiger partial charge is 0.368 e. The van der Waals surface area contributed by atoms with E-state index >= 15 is 0 Å². The van der Waals surface area contributed by atoms with Crippen LogP contribution in [0.3, 0.4) is 0 Å². The molecular weight excluding hydrogens is 350 g/mol. The minimum absolute atomic E-state index is 0.0711. The van der Waals surface area contributed by atoms with Crippen LogP contribution in [0, 0.1) is 5.92 Å². The molecule has 1 atom stereocenters. The second-order valence-corrected chi connectivity index (χ2v) is 9.12. The van der Waals surface area contributed by atoms with Gasteiger partial charge < -0.3 is 9.88 Å². The molecule has 4 heterocycles. The number of fused-ring (bicyclic) bond motifs is 3. The molecular formula is C18H23N5O2S. The number of sulfonamides is 1. The molecule has 0 amide bonds. The SMILES string of the molecule is CC(C)CS(=O)(=O)NC1CCN(c2cnc3ncc4[nH]cccc4c23)C1. The quantitative estimate of drug-likeness (QED) is 0.716. The van der Waals surface area contributed by atoms with Crippen molar-refractivity contribution in [2.75, 3.05) is 23.7 Å². The number of anilines is 1. The fraction of sp³-hybridized carbons (Fsp3) is 0.444. The van der Waals surface area contributed by atoms with E-state index in [2.05, 4.69) is 30.6 Å². The fourth-order valence-corrected chi connectivity index (χ4v) is 5.35. The Morgan fingerprint density at radius 1 is 1.35 bits per heavy atom. The predicted molar refractivity (Wildman–Crippen MR) is 104 cm³/mol. The average molecular weight is 373 g/mol. The molecule has 1 aliphatic heterocycles. The Balaban J connectivity index is 1.61. The Morgan fingerprint density at radius 3 is 2.96 bits per heavy atom. The minimum atomic E-state index is -3.24. The third kappa shape index (κ3) is 3.26. The van der Waals surface area contributed by atoms with Gasteiger partial charge in [0.2, 0.25) is 10.0 Å². The van der Waals surface area contributed by atoms with Crippen LogP contribution in [0.25, 0.3) is 21.9 Å². The van der Waals surface area contributed by atoms with E-state index in [0.29, 0.717) is 6.54 Å². The molecule has 0 aromatic carbocycles. The lowest BCUT2D eigenvalue weighted by molar-refractivity contribution is 0.550. The third-order valence-electron chi connectivity index (χ3n) is 4.69. The van der Waals surface area contributed by atoms with Gasteiger partial charge in [0.15, 0.2) is 5.65 Å². The van der Waals surface area contributed by atoms with E-state index < -0.39 is 10.0 Å². The highest BCUT2D eigenvalue weighted by atomic mass is 32.2. The van der Waals surface area contributed by atoms with Gasteiger partial charge in [-0.3, -0.25) is 0 Å². The van der Waals surface area contributed by atoms with Gasteiger partial charge in [0.25, 0.3) is 0 Å². The molecule has 1 saturated heterocycles. The molecule has 0 bridgehead atoms. The number of aromatic amines is 1. The third-order valence-corrected chi connectivity index (χ3v) is 6.49. The van der Waals surface area contributed by atoms with Gasteiger partial charge >= 0.3 is 0 Å². The molecule has 4 rings (SSSR count). The highest BCUT2D eigenvalue weighted by Gasteiger charge is 2.28. The summed E-state index contributed by atoms with van der Waals surface area (Å²) in [6, 6.07) is 3.95. The van der Waals surface area contributed by atoms with Crippen molar-refractivity contribution in [3.05, 3.63) is 30.7 Å². The van der Waals surface area contributed by atoms with Crippen LogP contribution < -0.4 is 9.62 Å². The molecule has 1 aliphatic rings. The first kappa shape index (κ1) is 17.2. The predicted octanol–water partition coefficient (Wildman–Crippen LogP) is 2.27. The number of aromatic nitrogens is 3. The highest BCUT2D eigenvalue weighted by Crippen LogP contribution is 2.33. The zero-order chi connectivity index (χ0) is 18.3. The minimum Gasteiger partial charge on any atom is -0.368 e. The molecule has 2 N–H and O–H groups in total. The van der Waals surface area contributed by atoms with Crippen molar-refractivity contribution >= 4 is 37.6 Å². The molecule has 1 unspecified atom stereocenters. The first-order chi connectivity index (χ1) is 12.4. The van der Waals surface area contributed by atoms with E-state index in [0.717, 1.165) is 40.6 Å². The molecule has 0 spiro atoms. The van der Waals surface area contributed by atoms with E-state index in [1.54, 1.807) is 6.20 Å². The number of nitrogens with zero attached hydrogens (tertiary/aromatic N) is 3. The van der Waals surface area contributed by atoms with Gasteiger partial charge in [0.1, 0.15) is 0 Å². The first-order valence-corrected chi connectivity index (χ1v) is 10.5. The summed E-state index contributed by atoms with van der Waals surface area (Å²) in [4.78, 5) is 14.3. The maximum absolute atomic E-state index is 12.2. The average Bonchev–Trinajstić information content (AvgIpc) is 3.19. The standard InChI is InChI=1S/C18H23N5O2S/c1-12(2)11-26(24,25)22-13-5-7-23(10-13)16-9-21-18-17(16)14-4-3-6-19-15(14)8-20-18/h3-4,6,8-9,12-13,19,22H,5,7,10-11H2,1-2H3. The molecule has 0 radical (unpaired) electrons. The van der Waals surface area contributed by atoms with Gasteiger partial charge in [0, 0.05) is 30.7 Å². The summed E-state index contributed by atoms with van der Waals surface area (Å²) in [5.41, 5.74) is 2.70. The zero-order valence-electron chi connectivity index (χ0n) is 14.9. The molecule has 138 valence electrons. The summed E-state index contributed by atoms with van der Waals surface area (Å²) in [6.45, 7) is 5.27. The van der Waals surface area contributed by atoms with E-state index in [9.17, 15) is 8.42 Å². The summed E-state index contributed by atoms with van der Waals surface area (Å²) >= 11 is 0. The van der Waals surface area contributed by atoms with Gasteiger partial charge in [-0.05, 0) is 18.4 Å². The maximum atomic E-state index is 12.2. The first-order valence-electron chi connectivity index (χ1n) is 8.89. The van der Waals surface area contributed by atoms with Crippen molar-refractivity contribution in [3.63, 3.8) is 0 Å². The van der Waals surface area contributed by atoms with E-state index in [4.69, 9.17) is 0 Å². The fourth-order valence-electron chi connectivity index (χ4n) is 3.68. The summed E-state index contributed by atoms with van der Waals surface area (Å²) < 4.78 is 27.3. The number of hydrogen-bond acceptors (Lipinski definition) is 5.